The van der Waals surface area contributed by atoms with Crippen LogP contribution in [0.2, 0.25) is 0 Å². The van der Waals surface area contributed by atoms with Crippen LogP contribution in [0.3, 0.4) is 0 Å². The first-order valence-corrected chi connectivity index (χ1v) is 13.0. The molecule has 0 spiro atoms. The number of amides is 1. The van der Waals surface area contributed by atoms with Gasteiger partial charge in [-0.25, -0.2) is 14.2 Å². The molecule has 0 saturated carbocycles. The molecule has 0 radical (unpaired) electrons. The summed E-state index contributed by atoms with van der Waals surface area (Å²) in [6.45, 7) is 5.83. The zero-order chi connectivity index (χ0) is 25.7. The standard InChI is InChI=1S/C26H21BrFN3O4S/c1-4-30-18-11-8-15(27)12-17(18)20(23(30)32)22-24(33)31-21(14-6-9-16(28)10-7-14)19(25(34)35-5-2)13(3)29-26(31)36-22/h6-12,21H,4-5H2,1-3H3/b22-20+/t21-/m0/s1. The molecule has 2 aliphatic heterocycles. The second-order valence-corrected chi connectivity index (χ2v) is 10.2. The Morgan fingerprint density at radius 3 is 2.56 bits per heavy atom. The molecule has 0 aliphatic carbocycles. The Morgan fingerprint density at radius 2 is 1.89 bits per heavy atom. The minimum Gasteiger partial charge on any atom is -0.463 e. The largest absolute Gasteiger partial charge is 0.463 e. The van der Waals surface area contributed by atoms with E-state index in [1.165, 1.54) is 28.8 Å². The van der Waals surface area contributed by atoms with E-state index >= 15 is 0 Å². The summed E-state index contributed by atoms with van der Waals surface area (Å²) in [4.78, 5) is 46.9. The van der Waals surface area contributed by atoms with E-state index in [-0.39, 0.29) is 22.6 Å². The molecule has 10 heteroatoms. The number of thiazole rings is 1. The molecule has 3 aromatic rings. The number of ether oxygens (including phenoxy) is 1. The van der Waals surface area contributed by atoms with E-state index in [4.69, 9.17) is 4.74 Å². The topological polar surface area (TPSA) is 81.0 Å². The quantitative estimate of drug-likeness (QED) is 0.451. The van der Waals surface area contributed by atoms with E-state index in [1.54, 1.807) is 18.7 Å². The summed E-state index contributed by atoms with van der Waals surface area (Å²) < 4.78 is 21.4. The molecule has 36 heavy (non-hydrogen) atoms. The number of hydrogen-bond acceptors (Lipinski definition) is 6. The van der Waals surface area contributed by atoms with Crippen molar-refractivity contribution in [3.8, 4) is 0 Å². The molecule has 0 bridgehead atoms. The van der Waals surface area contributed by atoms with E-state index < -0.39 is 23.4 Å². The highest BCUT2D eigenvalue weighted by molar-refractivity contribution is 9.10. The molecule has 0 fully saturated rings. The lowest BCUT2D eigenvalue weighted by Crippen LogP contribution is -2.41. The Labute approximate surface area is 218 Å². The van der Waals surface area contributed by atoms with Gasteiger partial charge in [0.25, 0.3) is 11.5 Å². The molecule has 3 heterocycles. The molecule has 1 aromatic heterocycles. The SMILES string of the molecule is CCOC(=O)C1=C(C)N=c2s/c(=C3/C(=O)N(CC)c4ccc(Br)cc43)c(=O)n2[C@H]1c1ccc(F)cc1. The molecule has 1 atom stereocenters. The van der Waals surface area contributed by atoms with Gasteiger partial charge in [0, 0.05) is 16.6 Å². The number of esters is 1. The number of nitrogens with zero attached hydrogens (tertiary/aromatic N) is 3. The van der Waals surface area contributed by atoms with Crippen LogP contribution < -0.4 is 19.8 Å². The number of carbonyl (C=O) groups excluding carboxylic acids is 2. The highest BCUT2D eigenvalue weighted by Crippen LogP contribution is 2.37. The number of rotatable bonds is 4. The Morgan fingerprint density at radius 1 is 1.17 bits per heavy atom. The number of fused-ring (bicyclic) bond motifs is 2. The predicted octanol–water partition coefficient (Wildman–Crippen LogP) is 3.44. The molecule has 0 unspecified atom stereocenters. The van der Waals surface area contributed by atoms with E-state index in [1.807, 2.05) is 25.1 Å². The molecule has 5 rings (SSSR count). The first kappa shape index (κ1) is 24.3. The second kappa shape index (κ2) is 9.25. The highest BCUT2D eigenvalue weighted by atomic mass is 79.9. The molecular weight excluding hydrogens is 549 g/mol. The predicted molar refractivity (Wildman–Crippen MR) is 138 cm³/mol. The van der Waals surface area contributed by atoms with Crippen LogP contribution in [0.15, 0.2) is 68.0 Å². The van der Waals surface area contributed by atoms with Gasteiger partial charge in [0.05, 0.1) is 35.2 Å². The van der Waals surface area contributed by atoms with Gasteiger partial charge in [-0.05, 0) is 56.7 Å². The number of aromatic nitrogens is 1. The fourth-order valence-electron chi connectivity index (χ4n) is 4.64. The van der Waals surface area contributed by atoms with Crippen molar-refractivity contribution in [1.29, 1.82) is 0 Å². The summed E-state index contributed by atoms with van der Waals surface area (Å²) in [5, 5.41) is 0. The number of anilines is 1. The Balaban J connectivity index is 1.83. The van der Waals surface area contributed by atoms with E-state index in [0.717, 1.165) is 21.5 Å². The van der Waals surface area contributed by atoms with Gasteiger partial charge < -0.3 is 9.64 Å². The maximum Gasteiger partial charge on any atom is 0.338 e. The van der Waals surface area contributed by atoms with Crippen LogP contribution in [0.5, 0.6) is 0 Å². The number of carbonyl (C=O) groups is 2. The van der Waals surface area contributed by atoms with Gasteiger partial charge in [0.15, 0.2) is 4.80 Å². The van der Waals surface area contributed by atoms with Gasteiger partial charge >= 0.3 is 5.97 Å². The van der Waals surface area contributed by atoms with E-state index in [2.05, 4.69) is 20.9 Å². The fraction of sp³-hybridized carbons (Fsp3) is 0.231. The van der Waals surface area contributed by atoms with Crippen molar-refractivity contribution in [2.45, 2.75) is 26.8 Å². The van der Waals surface area contributed by atoms with Gasteiger partial charge in [-0.3, -0.25) is 14.2 Å². The zero-order valence-electron chi connectivity index (χ0n) is 19.7. The summed E-state index contributed by atoms with van der Waals surface area (Å²) in [5.74, 6) is -1.31. The van der Waals surface area contributed by atoms with Crippen molar-refractivity contribution >= 4 is 50.4 Å². The molecule has 0 saturated heterocycles. The fourth-order valence-corrected chi connectivity index (χ4v) is 6.14. The minimum atomic E-state index is -0.879. The van der Waals surface area contributed by atoms with Crippen LogP contribution in [0.1, 0.15) is 37.9 Å². The molecule has 1 amide bonds. The van der Waals surface area contributed by atoms with Crippen LogP contribution in [0.25, 0.3) is 5.57 Å². The molecule has 184 valence electrons. The lowest BCUT2D eigenvalue weighted by molar-refractivity contribution is -0.139. The van der Waals surface area contributed by atoms with Crippen molar-refractivity contribution in [3.05, 3.63) is 94.8 Å². The van der Waals surface area contributed by atoms with Crippen LogP contribution in [0.4, 0.5) is 10.1 Å². The van der Waals surface area contributed by atoms with Gasteiger partial charge in [-0.15, -0.1) is 0 Å². The highest BCUT2D eigenvalue weighted by Gasteiger charge is 2.37. The van der Waals surface area contributed by atoms with Crippen LogP contribution in [-0.2, 0) is 14.3 Å². The third-order valence-electron chi connectivity index (χ3n) is 6.20. The summed E-state index contributed by atoms with van der Waals surface area (Å²) in [6.07, 6.45) is 0. The number of halogens is 2. The van der Waals surface area contributed by atoms with Gasteiger partial charge in [-0.2, -0.15) is 0 Å². The first-order valence-electron chi connectivity index (χ1n) is 11.4. The Bertz CT molecular complexity index is 1640. The number of allylic oxidation sites excluding steroid dienone is 1. The summed E-state index contributed by atoms with van der Waals surface area (Å²) in [6, 6.07) is 10.3. The van der Waals surface area contributed by atoms with E-state index in [9.17, 15) is 18.8 Å². The summed E-state index contributed by atoms with van der Waals surface area (Å²) in [7, 11) is 0. The van der Waals surface area contributed by atoms with Gasteiger partial charge in [0.1, 0.15) is 10.3 Å². The van der Waals surface area contributed by atoms with Crippen molar-refractivity contribution in [3.63, 3.8) is 0 Å². The maximum absolute atomic E-state index is 14.0. The molecule has 7 nitrogen and oxygen atoms in total. The minimum absolute atomic E-state index is 0.146. The lowest BCUT2D eigenvalue weighted by Gasteiger charge is -2.24. The number of likely N-dealkylation sites (N-methyl/N-ethyl adjacent to an activating group) is 1. The number of benzene rings is 2. The number of hydrogen-bond donors (Lipinski definition) is 0. The molecule has 0 N–H and O–H groups in total. The average Bonchev–Trinajstić information content (AvgIpc) is 3.30. The lowest BCUT2D eigenvalue weighted by atomic mass is 9.96. The molecule has 2 aromatic carbocycles. The monoisotopic (exact) mass is 569 g/mol. The van der Waals surface area contributed by atoms with Crippen LogP contribution >= 0.6 is 27.3 Å². The van der Waals surface area contributed by atoms with Crippen molar-refractivity contribution in [2.75, 3.05) is 18.1 Å². The summed E-state index contributed by atoms with van der Waals surface area (Å²) >= 11 is 4.57. The molecular formula is C26H21BrFN3O4S. The third kappa shape index (κ3) is 3.75. The zero-order valence-corrected chi connectivity index (χ0v) is 22.1. The second-order valence-electron chi connectivity index (χ2n) is 8.26. The van der Waals surface area contributed by atoms with Gasteiger partial charge in [0.2, 0.25) is 0 Å². The van der Waals surface area contributed by atoms with Crippen LogP contribution in [-0.4, -0.2) is 29.6 Å². The van der Waals surface area contributed by atoms with Crippen molar-refractivity contribution in [1.82, 2.24) is 4.57 Å². The first-order chi connectivity index (χ1) is 17.3. The van der Waals surface area contributed by atoms with Crippen molar-refractivity contribution in [2.24, 2.45) is 4.99 Å². The average molecular weight is 570 g/mol. The van der Waals surface area contributed by atoms with Gasteiger partial charge in [-0.1, -0.05) is 39.4 Å². The maximum atomic E-state index is 14.0. The molecule has 2 aliphatic rings. The summed E-state index contributed by atoms with van der Waals surface area (Å²) in [5.41, 5.74) is 2.36. The Kier molecular flexibility index (Phi) is 6.25. The van der Waals surface area contributed by atoms with Crippen molar-refractivity contribution < 1.29 is 18.7 Å². The Hall–Kier alpha value is -3.37. The smallest absolute Gasteiger partial charge is 0.338 e. The third-order valence-corrected chi connectivity index (χ3v) is 7.75. The van der Waals surface area contributed by atoms with E-state index in [0.29, 0.717) is 33.7 Å². The van der Waals surface area contributed by atoms with Crippen LogP contribution in [0, 0.1) is 5.82 Å². The normalized spacial score (nSPS) is 18.2.